The zero-order valence-electron chi connectivity index (χ0n) is 12.1. The maximum Gasteiger partial charge on any atom is 0.194 e. The third-order valence-electron chi connectivity index (χ3n) is 3.40. The van der Waals surface area contributed by atoms with Gasteiger partial charge < -0.3 is 10.2 Å². The van der Waals surface area contributed by atoms with Crippen LogP contribution in [0.15, 0.2) is 11.3 Å². The normalized spacial score (nSPS) is 18.3. The van der Waals surface area contributed by atoms with Crippen molar-refractivity contribution in [2.24, 2.45) is 17.5 Å². The van der Waals surface area contributed by atoms with Crippen molar-refractivity contribution in [1.29, 1.82) is 0 Å². The molecule has 1 aromatic rings. The van der Waals surface area contributed by atoms with Crippen LogP contribution in [0.4, 0.5) is 0 Å². The molecule has 7 heteroatoms. The zero-order valence-corrected chi connectivity index (χ0v) is 14.4. The van der Waals surface area contributed by atoms with Crippen LogP contribution in [0.3, 0.4) is 0 Å². The minimum absolute atomic E-state index is 0. The zero-order chi connectivity index (χ0) is 13.2. The molecule has 1 saturated heterocycles. The number of aromatic nitrogens is 3. The Bertz CT molecular complexity index is 439. The highest BCUT2D eigenvalue weighted by molar-refractivity contribution is 14.0. The van der Waals surface area contributed by atoms with Crippen LogP contribution in [0.25, 0.3) is 0 Å². The van der Waals surface area contributed by atoms with Gasteiger partial charge in [0, 0.05) is 27.2 Å². The fourth-order valence-corrected chi connectivity index (χ4v) is 2.26. The number of nitrogens with one attached hydrogen (secondary N) is 1. The van der Waals surface area contributed by atoms with Gasteiger partial charge >= 0.3 is 0 Å². The molecule has 108 valence electrons. The van der Waals surface area contributed by atoms with Gasteiger partial charge in [0.25, 0.3) is 0 Å². The van der Waals surface area contributed by atoms with E-state index in [1.807, 2.05) is 14.1 Å². The molecule has 0 bridgehead atoms. The summed E-state index contributed by atoms with van der Waals surface area (Å²) in [6, 6.07) is 0. The number of hydrogen-bond donors (Lipinski definition) is 1. The standard InChI is InChI=1S/C12H22N6.HI/c1-12(2)5-6-18(8-12)11(13-3)14-7-10-15-9-16-17(10)4;/h9H,5-8H2,1-4H3,(H,13,14);1H. The predicted molar refractivity (Wildman–Crippen MR) is 86.6 cm³/mol. The maximum atomic E-state index is 4.34. The van der Waals surface area contributed by atoms with Gasteiger partial charge in [-0.3, -0.25) is 9.67 Å². The molecule has 1 aromatic heterocycles. The number of nitrogens with zero attached hydrogens (tertiary/aromatic N) is 5. The average Bonchev–Trinajstić information content (AvgIpc) is 2.87. The van der Waals surface area contributed by atoms with Crippen molar-refractivity contribution in [1.82, 2.24) is 25.0 Å². The Hall–Kier alpha value is -0.860. The molecule has 0 aliphatic carbocycles. The third-order valence-corrected chi connectivity index (χ3v) is 3.40. The van der Waals surface area contributed by atoms with E-state index < -0.39 is 0 Å². The number of hydrogen-bond acceptors (Lipinski definition) is 3. The SMILES string of the molecule is CN=C(NCc1ncnn1C)N1CCC(C)(C)C1.I. The fraction of sp³-hybridized carbons (Fsp3) is 0.750. The summed E-state index contributed by atoms with van der Waals surface area (Å²) in [6.45, 7) is 7.35. The predicted octanol–water partition coefficient (Wildman–Crippen LogP) is 1.24. The monoisotopic (exact) mass is 378 g/mol. The minimum Gasteiger partial charge on any atom is -0.349 e. The Labute approximate surface area is 131 Å². The summed E-state index contributed by atoms with van der Waals surface area (Å²) >= 11 is 0. The Morgan fingerprint density at radius 1 is 1.53 bits per heavy atom. The molecule has 0 radical (unpaired) electrons. The van der Waals surface area contributed by atoms with E-state index in [2.05, 4.69) is 39.1 Å². The van der Waals surface area contributed by atoms with Gasteiger partial charge in [-0.15, -0.1) is 24.0 Å². The first-order valence-electron chi connectivity index (χ1n) is 6.30. The highest BCUT2D eigenvalue weighted by Crippen LogP contribution is 2.28. The fourth-order valence-electron chi connectivity index (χ4n) is 2.26. The molecule has 0 saturated carbocycles. The Kier molecular flexibility index (Phi) is 5.57. The summed E-state index contributed by atoms with van der Waals surface area (Å²) in [5, 5.41) is 7.40. The van der Waals surface area contributed by atoms with E-state index in [0.29, 0.717) is 12.0 Å². The summed E-state index contributed by atoms with van der Waals surface area (Å²) in [4.78, 5) is 10.8. The van der Waals surface area contributed by atoms with E-state index in [4.69, 9.17) is 0 Å². The summed E-state index contributed by atoms with van der Waals surface area (Å²) < 4.78 is 1.77. The summed E-state index contributed by atoms with van der Waals surface area (Å²) in [5.41, 5.74) is 0.377. The molecule has 0 amide bonds. The first-order chi connectivity index (χ1) is 8.52. The van der Waals surface area contributed by atoms with Gasteiger partial charge in [-0.1, -0.05) is 13.8 Å². The lowest BCUT2D eigenvalue weighted by Gasteiger charge is -2.23. The van der Waals surface area contributed by atoms with Gasteiger partial charge in [-0.05, 0) is 11.8 Å². The Morgan fingerprint density at radius 2 is 2.26 bits per heavy atom. The molecule has 0 unspecified atom stereocenters. The number of guanidine groups is 1. The molecule has 2 rings (SSSR count). The van der Waals surface area contributed by atoms with Crippen molar-refractivity contribution in [2.45, 2.75) is 26.8 Å². The highest BCUT2D eigenvalue weighted by Gasteiger charge is 2.30. The topological polar surface area (TPSA) is 58.3 Å². The second-order valence-corrected chi connectivity index (χ2v) is 5.54. The maximum absolute atomic E-state index is 4.34. The quantitative estimate of drug-likeness (QED) is 0.478. The van der Waals surface area contributed by atoms with E-state index in [0.717, 1.165) is 24.9 Å². The molecular formula is C12H23IN6. The van der Waals surface area contributed by atoms with Gasteiger partial charge in [-0.2, -0.15) is 5.10 Å². The van der Waals surface area contributed by atoms with Crippen molar-refractivity contribution < 1.29 is 0 Å². The Balaban J connectivity index is 0.00000180. The van der Waals surface area contributed by atoms with Crippen molar-refractivity contribution in [3.63, 3.8) is 0 Å². The molecule has 1 N–H and O–H groups in total. The molecule has 2 heterocycles. The molecule has 1 aliphatic heterocycles. The van der Waals surface area contributed by atoms with Crippen LogP contribution in [0.1, 0.15) is 26.1 Å². The van der Waals surface area contributed by atoms with Crippen molar-refractivity contribution in [3.05, 3.63) is 12.2 Å². The lowest BCUT2D eigenvalue weighted by atomic mass is 9.93. The number of halogens is 1. The smallest absolute Gasteiger partial charge is 0.194 e. The molecule has 0 spiro atoms. The molecule has 6 nitrogen and oxygen atoms in total. The van der Waals surface area contributed by atoms with Crippen molar-refractivity contribution in [3.8, 4) is 0 Å². The van der Waals surface area contributed by atoms with Crippen LogP contribution in [-0.4, -0.2) is 45.8 Å². The van der Waals surface area contributed by atoms with Gasteiger partial charge in [0.2, 0.25) is 0 Å². The minimum atomic E-state index is 0. The number of rotatable bonds is 2. The second kappa shape index (κ2) is 6.53. The van der Waals surface area contributed by atoms with Crippen LogP contribution in [0.5, 0.6) is 0 Å². The number of aliphatic imine (C=N–C) groups is 1. The first kappa shape index (κ1) is 16.2. The lowest BCUT2D eigenvalue weighted by molar-refractivity contribution is 0.369. The van der Waals surface area contributed by atoms with Crippen molar-refractivity contribution >= 4 is 29.9 Å². The van der Waals surface area contributed by atoms with Gasteiger partial charge in [-0.25, -0.2) is 4.98 Å². The van der Waals surface area contributed by atoms with E-state index in [1.54, 1.807) is 11.0 Å². The summed E-state index contributed by atoms with van der Waals surface area (Å²) in [5.74, 6) is 1.86. The molecule has 1 aliphatic rings. The Morgan fingerprint density at radius 3 is 2.74 bits per heavy atom. The van der Waals surface area contributed by atoms with Gasteiger partial charge in [0.05, 0.1) is 6.54 Å². The van der Waals surface area contributed by atoms with Crippen LogP contribution in [0, 0.1) is 5.41 Å². The molecule has 19 heavy (non-hydrogen) atoms. The first-order valence-corrected chi connectivity index (χ1v) is 6.30. The molecule has 0 atom stereocenters. The van der Waals surface area contributed by atoms with Crippen molar-refractivity contribution in [2.75, 3.05) is 20.1 Å². The molecular weight excluding hydrogens is 355 g/mol. The average molecular weight is 378 g/mol. The van der Waals surface area contributed by atoms with E-state index in [9.17, 15) is 0 Å². The second-order valence-electron chi connectivity index (χ2n) is 5.54. The van der Waals surface area contributed by atoms with Crippen LogP contribution in [0.2, 0.25) is 0 Å². The van der Waals surface area contributed by atoms with Crippen LogP contribution >= 0.6 is 24.0 Å². The van der Waals surface area contributed by atoms with Crippen LogP contribution < -0.4 is 5.32 Å². The third kappa shape index (κ3) is 4.05. The van der Waals surface area contributed by atoms with Gasteiger partial charge in [0.1, 0.15) is 12.2 Å². The van der Waals surface area contributed by atoms with Gasteiger partial charge in [0.15, 0.2) is 5.96 Å². The molecule has 0 aromatic carbocycles. The van der Waals surface area contributed by atoms with E-state index >= 15 is 0 Å². The lowest BCUT2D eigenvalue weighted by Crippen LogP contribution is -2.40. The largest absolute Gasteiger partial charge is 0.349 e. The summed E-state index contributed by atoms with van der Waals surface area (Å²) in [7, 11) is 3.72. The highest BCUT2D eigenvalue weighted by atomic mass is 127. The number of aryl methyl sites for hydroxylation is 1. The molecule has 1 fully saturated rings. The number of likely N-dealkylation sites (tertiary alicyclic amines) is 1. The van der Waals surface area contributed by atoms with E-state index in [1.165, 1.54) is 6.42 Å². The van der Waals surface area contributed by atoms with E-state index in [-0.39, 0.29) is 24.0 Å². The summed E-state index contributed by atoms with van der Waals surface area (Å²) in [6.07, 6.45) is 2.77. The van der Waals surface area contributed by atoms with Crippen LogP contribution in [-0.2, 0) is 13.6 Å².